The number of amides is 3. The number of rotatable bonds is 8. The molecule has 7 heteroatoms. The summed E-state index contributed by atoms with van der Waals surface area (Å²) < 4.78 is 5.23. The maximum atomic E-state index is 12.9. The second-order valence-corrected chi connectivity index (χ2v) is 7.61. The zero-order chi connectivity index (χ0) is 22.3. The molecule has 0 spiro atoms. The number of ether oxygens (including phenoxy) is 1. The number of para-hydroxylation sites is 1. The Bertz CT molecular complexity index is 909. The number of carbonyl (C=O) groups is 3. The highest BCUT2D eigenvalue weighted by Gasteiger charge is 2.26. The molecule has 3 N–H and O–H groups in total. The smallest absolute Gasteiger partial charge is 0.255 e. The average Bonchev–Trinajstić information content (AvgIpc) is 2.71. The van der Waals surface area contributed by atoms with Crippen LogP contribution in [0.4, 0.5) is 11.4 Å². The largest absolute Gasteiger partial charge is 0.496 e. The van der Waals surface area contributed by atoms with E-state index in [0.717, 1.165) is 0 Å². The second-order valence-electron chi connectivity index (χ2n) is 7.61. The van der Waals surface area contributed by atoms with Crippen molar-refractivity contribution in [3.8, 4) is 5.75 Å². The molecule has 7 nitrogen and oxygen atoms in total. The van der Waals surface area contributed by atoms with Crippen molar-refractivity contribution in [3.63, 3.8) is 0 Å². The van der Waals surface area contributed by atoms with Crippen LogP contribution in [0.2, 0.25) is 0 Å². The van der Waals surface area contributed by atoms with Gasteiger partial charge in [-0.3, -0.25) is 14.4 Å². The predicted molar refractivity (Wildman–Crippen MR) is 118 cm³/mol. The fourth-order valence-electron chi connectivity index (χ4n) is 2.77. The van der Waals surface area contributed by atoms with Crippen LogP contribution < -0.4 is 20.7 Å². The van der Waals surface area contributed by atoms with Crippen molar-refractivity contribution in [2.45, 2.75) is 33.7 Å². The summed E-state index contributed by atoms with van der Waals surface area (Å²) in [4.78, 5) is 37.5. The normalized spacial score (nSPS) is 11.7. The summed E-state index contributed by atoms with van der Waals surface area (Å²) in [6.07, 6.45) is 0. The molecule has 0 saturated carbocycles. The van der Waals surface area contributed by atoms with Crippen molar-refractivity contribution in [2.24, 2.45) is 11.8 Å². The van der Waals surface area contributed by atoms with Gasteiger partial charge in [0, 0.05) is 17.3 Å². The lowest BCUT2D eigenvalue weighted by atomic mass is 10.0. The predicted octanol–water partition coefficient (Wildman–Crippen LogP) is 3.68. The molecule has 1 atom stereocenters. The van der Waals surface area contributed by atoms with Gasteiger partial charge in [-0.25, -0.2) is 0 Å². The first kappa shape index (κ1) is 22.9. The Morgan fingerprint density at radius 1 is 0.833 bits per heavy atom. The SMILES string of the molecule is COc1ccccc1C(=O)NC(C(=O)Nc1cccc(NC(=O)C(C)C)c1)C(C)C. The lowest BCUT2D eigenvalue weighted by molar-refractivity contribution is -0.119. The van der Waals surface area contributed by atoms with Gasteiger partial charge in [0.1, 0.15) is 11.8 Å². The molecular formula is C23H29N3O4. The third-order valence-electron chi connectivity index (χ3n) is 4.51. The van der Waals surface area contributed by atoms with E-state index in [9.17, 15) is 14.4 Å². The molecule has 0 aliphatic heterocycles. The summed E-state index contributed by atoms with van der Waals surface area (Å²) >= 11 is 0. The Morgan fingerprint density at radius 3 is 2.00 bits per heavy atom. The van der Waals surface area contributed by atoms with E-state index in [-0.39, 0.29) is 29.6 Å². The molecule has 3 amide bonds. The molecule has 0 radical (unpaired) electrons. The van der Waals surface area contributed by atoms with Crippen LogP contribution in [0.3, 0.4) is 0 Å². The Morgan fingerprint density at radius 2 is 1.43 bits per heavy atom. The molecule has 0 saturated heterocycles. The minimum Gasteiger partial charge on any atom is -0.496 e. The van der Waals surface area contributed by atoms with Crippen molar-refractivity contribution in [3.05, 3.63) is 54.1 Å². The fourth-order valence-corrected chi connectivity index (χ4v) is 2.77. The number of hydrogen-bond acceptors (Lipinski definition) is 4. The maximum Gasteiger partial charge on any atom is 0.255 e. The van der Waals surface area contributed by atoms with Gasteiger partial charge in [0.05, 0.1) is 12.7 Å². The minimum absolute atomic E-state index is 0.109. The Labute approximate surface area is 177 Å². The van der Waals surface area contributed by atoms with Gasteiger partial charge >= 0.3 is 0 Å². The van der Waals surface area contributed by atoms with Crippen LogP contribution in [0.1, 0.15) is 38.1 Å². The molecule has 2 aromatic carbocycles. The molecule has 0 heterocycles. The minimum atomic E-state index is -0.753. The van der Waals surface area contributed by atoms with Crippen molar-refractivity contribution < 1.29 is 19.1 Å². The molecule has 0 fully saturated rings. The van der Waals surface area contributed by atoms with E-state index in [1.165, 1.54) is 7.11 Å². The van der Waals surface area contributed by atoms with Crippen molar-refractivity contribution in [1.29, 1.82) is 0 Å². The van der Waals surface area contributed by atoms with Crippen molar-refractivity contribution >= 4 is 29.1 Å². The molecule has 0 aromatic heterocycles. The lowest BCUT2D eigenvalue weighted by Gasteiger charge is -2.22. The van der Waals surface area contributed by atoms with Gasteiger partial charge in [0.2, 0.25) is 11.8 Å². The first-order valence-corrected chi connectivity index (χ1v) is 9.88. The Balaban J connectivity index is 2.12. The molecule has 0 aliphatic rings. The van der Waals surface area contributed by atoms with Crippen molar-refractivity contribution in [1.82, 2.24) is 5.32 Å². The number of methoxy groups -OCH3 is 1. The molecule has 0 bridgehead atoms. The van der Waals surface area contributed by atoms with E-state index in [4.69, 9.17) is 4.74 Å². The number of anilines is 2. The molecule has 30 heavy (non-hydrogen) atoms. The Hall–Kier alpha value is -3.35. The van der Waals surface area contributed by atoms with E-state index < -0.39 is 6.04 Å². The van der Waals surface area contributed by atoms with Crippen LogP contribution in [-0.4, -0.2) is 30.9 Å². The standard InChI is InChI=1S/C23H29N3O4/c1-14(2)20(26-22(28)18-11-6-7-12-19(18)30-5)23(29)25-17-10-8-9-16(13-17)24-21(27)15(3)4/h6-15,20H,1-5H3,(H,24,27)(H,25,29)(H,26,28). The van der Waals surface area contributed by atoms with Crippen LogP contribution in [-0.2, 0) is 9.59 Å². The highest BCUT2D eigenvalue weighted by atomic mass is 16.5. The molecule has 160 valence electrons. The van der Waals surface area contributed by atoms with Gasteiger partial charge in [0.15, 0.2) is 0 Å². The zero-order valence-electron chi connectivity index (χ0n) is 18.0. The third kappa shape index (κ3) is 6.07. The van der Waals surface area contributed by atoms with E-state index in [0.29, 0.717) is 22.7 Å². The summed E-state index contributed by atoms with van der Waals surface area (Å²) in [5.74, 6) is -0.708. The van der Waals surface area contributed by atoms with Crippen LogP contribution in [0.15, 0.2) is 48.5 Å². The second kappa shape index (κ2) is 10.4. The van der Waals surface area contributed by atoms with E-state index in [1.807, 2.05) is 13.8 Å². The van der Waals surface area contributed by atoms with Crippen LogP contribution >= 0.6 is 0 Å². The number of carbonyl (C=O) groups excluding carboxylic acids is 3. The van der Waals surface area contributed by atoms with Gasteiger partial charge < -0.3 is 20.7 Å². The Kier molecular flexibility index (Phi) is 7.98. The van der Waals surface area contributed by atoms with E-state index in [1.54, 1.807) is 62.4 Å². The molecule has 0 aliphatic carbocycles. The molecule has 2 rings (SSSR count). The molecular weight excluding hydrogens is 382 g/mol. The first-order valence-electron chi connectivity index (χ1n) is 9.88. The summed E-state index contributed by atoms with van der Waals surface area (Å²) in [7, 11) is 1.49. The van der Waals surface area contributed by atoms with Gasteiger partial charge in [-0.1, -0.05) is 45.9 Å². The molecule has 2 aromatic rings. The quantitative estimate of drug-likeness (QED) is 0.617. The van der Waals surface area contributed by atoms with Crippen LogP contribution in [0.25, 0.3) is 0 Å². The first-order chi connectivity index (χ1) is 14.2. The topological polar surface area (TPSA) is 96.5 Å². The van der Waals surface area contributed by atoms with Gasteiger partial charge in [-0.05, 0) is 36.2 Å². The van der Waals surface area contributed by atoms with Gasteiger partial charge in [-0.2, -0.15) is 0 Å². The third-order valence-corrected chi connectivity index (χ3v) is 4.51. The lowest BCUT2D eigenvalue weighted by Crippen LogP contribution is -2.47. The van der Waals surface area contributed by atoms with Crippen molar-refractivity contribution in [2.75, 3.05) is 17.7 Å². The summed E-state index contributed by atoms with van der Waals surface area (Å²) in [6.45, 7) is 7.31. The number of benzene rings is 2. The van der Waals surface area contributed by atoms with Crippen LogP contribution in [0.5, 0.6) is 5.75 Å². The van der Waals surface area contributed by atoms with Gasteiger partial charge in [-0.15, -0.1) is 0 Å². The summed E-state index contributed by atoms with van der Waals surface area (Å²) in [5, 5.41) is 8.40. The number of hydrogen-bond donors (Lipinski definition) is 3. The monoisotopic (exact) mass is 411 g/mol. The van der Waals surface area contributed by atoms with E-state index in [2.05, 4.69) is 16.0 Å². The summed E-state index contributed by atoms with van der Waals surface area (Å²) in [5.41, 5.74) is 1.47. The summed E-state index contributed by atoms with van der Waals surface area (Å²) in [6, 6.07) is 13.0. The highest BCUT2D eigenvalue weighted by Crippen LogP contribution is 2.19. The maximum absolute atomic E-state index is 12.9. The highest BCUT2D eigenvalue weighted by molar-refractivity contribution is 6.03. The van der Waals surface area contributed by atoms with Gasteiger partial charge in [0.25, 0.3) is 5.91 Å². The fraction of sp³-hybridized carbons (Fsp3) is 0.348. The van der Waals surface area contributed by atoms with Crippen LogP contribution in [0, 0.1) is 11.8 Å². The zero-order valence-corrected chi connectivity index (χ0v) is 18.0. The molecule has 1 unspecified atom stereocenters. The average molecular weight is 412 g/mol. The number of nitrogens with one attached hydrogen (secondary N) is 3. The van der Waals surface area contributed by atoms with E-state index >= 15 is 0 Å².